The van der Waals surface area contributed by atoms with Crippen LogP contribution in [0.3, 0.4) is 0 Å². The van der Waals surface area contributed by atoms with Crippen molar-refractivity contribution in [2.45, 2.75) is 18.2 Å². The normalized spacial score (nSPS) is 12.1. The molecule has 0 saturated carbocycles. The largest absolute Gasteiger partial charge is 0.478 e. The molecule has 6 nitrogen and oxygen atoms in total. The molecule has 0 radical (unpaired) electrons. The van der Waals surface area contributed by atoms with E-state index in [1.54, 1.807) is 6.92 Å². The van der Waals surface area contributed by atoms with Gasteiger partial charge in [-0.2, -0.15) is 0 Å². The average Bonchev–Trinajstić information content (AvgIpc) is 2.37. The van der Waals surface area contributed by atoms with Crippen LogP contribution >= 0.6 is 0 Å². The van der Waals surface area contributed by atoms with E-state index in [0.29, 0.717) is 18.5 Å². The summed E-state index contributed by atoms with van der Waals surface area (Å²) < 4.78 is 26.1. The predicted molar refractivity (Wildman–Crippen MR) is 81.1 cm³/mol. The van der Waals surface area contributed by atoms with Gasteiger partial charge in [-0.3, -0.25) is 0 Å². The van der Waals surface area contributed by atoms with E-state index >= 15 is 0 Å². The van der Waals surface area contributed by atoms with E-state index in [2.05, 4.69) is 0 Å². The Hall–Kier alpha value is -1.44. The lowest BCUT2D eigenvalue weighted by atomic mass is 10.1. The number of carboxylic acids is 1. The second kappa shape index (κ2) is 7.02. The van der Waals surface area contributed by atoms with Crippen LogP contribution in [0.1, 0.15) is 22.3 Å². The Balaban J connectivity index is 2.97. The van der Waals surface area contributed by atoms with Gasteiger partial charge in [0.05, 0.1) is 10.5 Å². The first-order valence-electron chi connectivity index (χ1n) is 6.61. The van der Waals surface area contributed by atoms with Crippen LogP contribution in [0.5, 0.6) is 0 Å². The van der Waals surface area contributed by atoms with Crippen molar-refractivity contribution in [3.63, 3.8) is 0 Å². The molecule has 21 heavy (non-hydrogen) atoms. The van der Waals surface area contributed by atoms with Gasteiger partial charge in [-0.25, -0.2) is 17.5 Å². The first-order chi connectivity index (χ1) is 9.66. The first kappa shape index (κ1) is 17.6. The number of rotatable bonds is 7. The number of hydrogen-bond donors (Lipinski definition) is 1. The Bertz CT molecular complexity index is 611. The van der Waals surface area contributed by atoms with Crippen molar-refractivity contribution in [3.05, 3.63) is 29.3 Å². The number of carboxylic acid groups (broad SMARTS) is 1. The van der Waals surface area contributed by atoms with Gasteiger partial charge in [0.15, 0.2) is 0 Å². The van der Waals surface area contributed by atoms with Crippen molar-refractivity contribution in [1.82, 2.24) is 9.21 Å². The van der Waals surface area contributed by atoms with E-state index < -0.39 is 16.0 Å². The highest BCUT2D eigenvalue weighted by Gasteiger charge is 2.22. The molecule has 0 fully saturated rings. The van der Waals surface area contributed by atoms with E-state index in [-0.39, 0.29) is 10.5 Å². The van der Waals surface area contributed by atoms with Crippen LogP contribution in [-0.4, -0.2) is 62.9 Å². The summed E-state index contributed by atoms with van der Waals surface area (Å²) in [6, 6.07) is 4.18. The average molecular weight is 314 g/mol. The van der Waals surface area contributed by atoms with Gasteiger partial charge < -0.3 is 10.0 Å². The monoisotopic (exact) mass is 314 g/mol. The Morgan fingerprint density at radius 2 is 1.81 bits per heavy atom. The molecule has 0 spiro atoms. The zero-order valence-corrected chi connectivity index (χ0v) is 13.6. The molecule has 7 heteroatoms. The van der Waals surface area contributed by atoms with E-state index in [0.717, 1.165) is 6.54 Å². The van der Waals surface area contributed by atoms with Gasteiger partial charge >= 0.3 is 5.97 Å². The maximum Gasteiger partial charge on any atom is 0.335 e. The lowest BCUT2D eigenvalue weighted by Gasteiger charge is -2.19. The Morgan fingerprint density at radius 3 is 2.33 bits per heavy atom. The van der Waals surface area contributed by atoms with Crippen LogP contribution in [0, 0.1) is 6.92 Å². The van der Waals surface area contributed by atoms with Gasteiger partial charge in [-0.15, -0.1) is 0 Å². The molecule has 118 valence electrons. The maximum atomic E-state index is 12.4. The molecule has 0 aromatic heterocycles. The molecule has 1 N–H and O–H groups in total. The topological polar surface area (TPSA) is 77.9 Å². The Morgan fingerprint density at radius 1 is 1.19 bits per heavy atom. The van der Waals surface area contributed by atoms with Gasteiger partial charge in [0, 0.05) is 13.6 Å². The fraction of sp³-hybridized carbons (Fsp3) is 0.500. The van der Waals surface area contributed by atoms with E-state index in [4.69, 9.17) is 5.11 Å². The lowest BCUT2D eigenvalue weighted by molar-refractivity contribution is 0.0696. The molecule has 0 bridgehead atoms. The molecule has 0 amide bonds. The number of aryl methyl sites for hydroxylation is 1. The van der Waals surface area contributed by atoms with Crippen LogP contribution < -0.4 is 0 Å². The van der Waals surface area contributed by atoms with Crippen molar-refractivity contribution in [3.8, 4) is 0 Å². The number of nitrogens with zero attached hydrogens (tertiary/aromatic N) is 2. The summed E-state index contributed by atoms with van der Waals surface area (Å²) in [5.41, 5.74) is 0.550. The molecule has 1 aromatic rings. The fourth-order valence-corrected chi connectivity index (χ4v) is 3.14. The molecule has 1 rings (SSSR count). The van der Waals surface area contributed by atoms with Crippen molar-refractivity contribution in [1.29, 1.82) is 0 Å². The van der Waals surface area contributed by atoms with Crippen LogP contribution in [0.2, 0.25) is 0 Å². The standard InChI is InChI=1S/C14H22N2O4S/c1-11-6-7-12(10-13(11)14(17)18)21(19,20)16(4)9-5-8-15(2)3/h6-7,10H,5,8-9H2,1-4H3,(H,17,18). The third-order valence-electron chi connectivity index (χ3n) is 3.23. The molecular weight excluding hydrogens is 292 g/mol. The summed E-state index contributed by atoms with van der Waals surface area (Å²) >= 11 is 0. The van der Waals surface area contributed by atoms with Gasteiger partial charge in [0.25, 0.3) is 0 Å². The fourth-order valence-electron chi connectivity index (χ4n) is 1.90. The number of carbonyl (C=O) groups is 1. The number of hydrogen-bond acceptors (Lipinski definition) is 4. The molecule has 0 atom stereocenters. The van der Waals surface area contributed by atoms with Crippen LogP contribution in [0.15, 0.2) is 23.1 Å². The van der Waals surface area contributed by atoms with Gasteiger partial charge in [-0.05, 0) is 51.7 Å². The predicted octanol–water partition coefficient (Wildman–Crippen LogP) is 1.27. The second-order valence-electron chi connectivity index (χ2n) is 5.27. The zero-order chi connectivity index (χ0) is 16.2. The van der Waals surface area contributed by atoms with Crippen LogP contribution in [0.4, 0.5) is 0 Å². The van der Waals surface area contributed by atoms with E-state index in [9.17, 15) is 13.2 Å². The molecule has 0 saturated heterocycles. The molecule has 0 heterocycles. The molecule has 0 aliphatic carbocycles. The van der Waals surface area contributed by atoms with Crippen LogP contribution in [0.25, 0.3) is 0 Å². The molecule has 1 aromatic carbocycles. The summed E-state index contributed by atoms with van der Waals surface area (Å²) in [5, 5.41) is 9.08. The minimum absolute atomic E-state index is 0.0118. The number of aromatic carboxylic acids is 1. The molecule has 0 aliphatic rings. The summed E-state index contributed by atoms with van der Waals surface area (Å²) in [4.78, 5) is 13.1. The van der Waals surface area contributed by atoms with E-state index in [1.165, 1.54) is 29.6 Å². The number of benzene rings is 1. The highest BCUT2D eigenvalue weighted by molar-refractivity contribution is 7.89. The SMILES string of the molecule is Cc1ccc(S(=O)(=O)N(C)CCCN(C)C)cc1C(=O)O. The second-order valence-corrected chi connectivity index (χ2v) is 7.31. The smallest absolute Gasteiger partial charge is 0.335 e. The van der Waals surface area contributed by atoms with Gasteiger partial charge in [-0.1, -0.05) is 6.07 Å². The highest BCUT2D eigenvalue weighted by Crippen LogP contribution is 2.19. The van der Waals surface area contributed by atoms with Gasteiger partial charge in [0.1, 0.15) is 0 Å². The summed E-state index contributed by atoms with van der Waals surface area (Å²) in [6.45, 7) is 2.81. The number of sulfonamides is 1. The maximum absolute atomic E-state index is 12.4. The molecule has 0 aliphatic heterocycles. The van der Waals surface area contributed by atoms with Gasteiger partial charge in [0.2, 0.25) is 10.0 Å². The quantitative estimate of drug-likeness (QED) is 0.820. The van der Waals surface area contributed by atoms with Crippen molar-refractivity contribution in [2.24, 2.45) is 0 Å². The third kappa shape index (κ3) is 4.52. The van der Waals surface area contributed by atoms with Crippen molar-refractivity contribution >= 4 is 16.0 Å². The third-order valence-corrected chi connectivity index (χ3v) is 5.08. The Kier molecular flexibility index (Phi) is 5.88. The summed E-state index contributed by atoms with van der Waals surface area (Å²) in [5.74, 6) is -1.13. The minimum Gasteiger partial charge on any atom is -0.478 e. The molecule has 0 unspecified atom stereocenters. The summed E-state index contributed by atoms with van der Waals surface area (Å²) in [6.07, 6.45) is 0.709. The zero-order valence-electron chi connectivity index (χ0n) is 12.8. The van der Waals surface area contributed by atoms with E-state index in [1.807, 2.05) is 19.0 Å². The van der Waals surface area contributed by atoms with Crippen molar-refractivity contribution < 1.29 is 18.3 Å². The van der Waals surface area contributed by atoms with Crippen LogP contribution in [-0.2, 0) is 10.0 Å². The van der Waals surface area contributed by atoms with Crippen molar-refractivity contribution in [2.75, 3.05) is 34.2 Å². The highest BCUT2D eigenvalue weighted by atomic mass is 32.2. The minimum atomic E-state index is -3.66. The molecular formula is C14H22N2O4S. The lowest BCUT2D eigenvalue weighted by Crippen LogP contribution is -2.30. The Labute approximate surface area is 126 Å². The first-order valence-corrected chi connectivity index (χ1v) is 8.05. The summed E-state index contributed by atoms with van der Waals surface area (Å²) in [7, 11) is 1.70.